The number of aromatic nitrogens is 1. The number of nitrogens with zero attached hydrogens (tertiary/aromatic N) is 3. The highest BCUT2D eigenvalue weighted by molar-refractivity contribution is 7.80. The number of ether oxygens (including phenoxy) is 2. The highest BCUT2D eigenvalue weighted by atomic mass is 32.1. The average molecular weight is 487 g/mol. The largest absolute Gasteiger partial charge is 0.468 e. The monoisotopic (exact) mass is 486 g/mol. The van der Waals surface area contributed by atoms with Crippen LogP contribution in [0.25, 0.3) is 17.0 Å². The molecule has 1 aliphatic rings. The fourth-order valence-corrected chi connectivity index (χ4v) is 4.18. The topological polar surface area (TPSA) is 93.1 Å². The van der Waals surface area contributed by atoms with Gasteiger partial charge in [-0.2, -0.15) is 0 Å². The normalized spacial score (nSPS) is 15.0. The molecule has 0 aliphatic carbocycles. The van der Waals surface area contributed by atoms with Crippen LogP contribution in [0.15, 0.2) is 30.1 Å². The fraction of sp³-hybridized carbons (Fsp3) is 0.417. The molecule has 0 radical (unpaired) electrons. The summed E-state index contributed by atoms with van der Waals surface area (Å²) in [7, 11) is 4.49. The van der Waals surface area contributed by atoms with Crippen molar-refractivity contribution in [2.24, 2.45) is 0 Å². The first kappa shape index (κ1) is 25.4. The predicted octanol–water partition coefficient (Wildman–Crippen LogP) is 1.93. The number of hydrogen-bond donors (Lipinski definition) is 1. The van der Waals surface area contributed by atoms with E-state index in [0.717, 1.165) is 34.9 Å². The number of para-hydroxylation sites is 1. The number of fused-ring (bicyclic) bond motifs is 1. The zero-order chi connectivity index (χ0) is 24.8. The number of hydrogen-bond acceptors (Lipinski definition) is 6. The van der Waals surface area contributed by atoms with Gasteiger partial charge in [-0.3, -0.25) is 19.3 Å². The van der Waals surface area contributed by atoms with Crippen LogP contribution >= 0.6 is 12.2 Å². The van der Waals surface area contributed by atoms with Crippen molar-refractivity contribution < 1.29 is 23.9 Å². The van der Waals surface area contributed by atoms with Crippen LogP contribution in [-0.2, 0) is 36.8 Å². The summed E-state index contributed by atoms with van der Waals surface area (Å²) in [5.41, 5.74) is 3.06. The molecule has 34 heavy (non-hydrogen) atoms. The highest BCUT2D eigenvalue weighted by Crippen LogP contribution is 2.30. The molecule has 1 aromatic carbocycles. The number of benzene rings is 1. The van der Waals surface area contributed by atoms with Crippen molar-refractivity contribution in [2.45, 2.75) is 26.3 Å². The van der Waals surface area contributed by atoms with Gasteiger partial charge < -0.3 is 24.3 Å². The third kappa shape index (κ3) is 5.28. The number of nitrogens with one attached hydrogen (secondary N) is 1. The van der Waals surface area contributed by atoms with E-state index in [4.69, 9.17) is 21.7 Å². The smallest absolute Gasteiger partial charge is 0.325 e. The third-order valence-corrected chi connectivity index (χ3v) is 6.19. The molecule has 1 saturated heterocycles. The quantitative estimate of drug-likeness (QED) is 0.237. The summed E-state index contributed by atoms with van der Waals surface area (Å²) >= 11 is 5.37. The van der Waals surface area contributed by atoms with Crippen molar-refractivity contribution in [1.29, 1.82) is 0 Å². The van der Waals surface area contributed by atoms with Crippen molar-refractivity contribution in [3.05, 3.63) is 41.2 Å². The minimum absolute atomic E-state index is 0.108. The van der Waals surface area contributed by atoms with Gasteiger partial charge in [0.05, 0.1) is 12.6 Å². The van der Waals surface area contributed by atoms with Gasteiger partial charge in [0.1, 0.15) is 18.8 Å². The maximum absolute atomic E-state index is 12.9. The number of aryl methyl sites for hydroxylation is 1. The van der Waals surface area contributed by atoms with Crippen LogP contribution in [0, 0.1) is 0 Å². The molecule has 10 heteroatoms. The second-order valence-electron chi connectivity index (χ2n) is 7.91. The molecular weight excluding hydrogens is 456 g/mol. The van der Waals surface area contributed by atoms with Crippen molar-refractivity contribution in [3.8, 4) is 0 Å². The molecule has 0 bridgehead atoms. The number of carbonyl (C=O) groups excluding carboxylic acids is 3. The number of methoxy groups -OCH3 is 2. The first-order valence-electron chi connectivity index (χ1n) is 11.1. The fourth-order valence-electron chi connectivity index (χ4n) is 3.94. The first-order chi connectivity index (χ1) is 16.3. The van der Waals surface area contributed by atoms with E-state index in [-0.39, 0.29) is 35.7 Å². The minimum atomic E-state index is -0.503. The Bertz CT molecular complexity index is 1140. The maximum Gasteiger partial charge on any atom is 0.325 e. The molecule has 0 unspecified atom stereocenters. The summed E-state index contributed by atoms with van der Waals surface area (Å²) in [6.45, 7) is 3.14. The molecule has 9 nitrogen and oxygen atoms in total. The maximum atomic E-state index is 12.9. The van der Waals surface area contributed by atoms with E-state index in [1.54, 1.807) is 20.2 Å². The molecule has 2 aromatic rings. The lowest BCUT2D eigenvalue weighted by molar-refractivity contribution is -0.140. The molecule has 182 valence electrons. The molecule has 1 fully saturated rings. The van der Waals surface area contributed by atoms with Crippen LogP contribution in [0.5, 0.6) is 0 Å². The molecule has 2 heterocycles. The Morgan fingerprint density at radius 1 is 1.21 bits per heavy atom. The number of esters is 1. The molecule has 2 amide bonds. The van der Waals surface area contributed by atoms with Gasteiger partial charge in [0, 0.05) is 44.5 Å². The van der Waals surface area contributed by atoms with Crippen LogP contribution in [0.1, 0.15) is 24.5 Å². The number of rotatable bonds is 10. The van der Waals surface area contributed by atoms with Gasteiger partial charge in [-0.15, -0.1) is 0 Å². The second kappa shape index (κ2) is 11.3. The van der Waals surface area contributed by atoms with E-state index >= 15 is 0 Å². The summed E-state index contributed by atoms with van der Waals surface area (Å²) in [6, 6.07) is 5.94. The van der Waals surface area contributed by atoms with E-state index in [1.165, 1.54) is 16.9 Å². The Morgan fingerprint density at radius 2 is 1.97 bits per heavy atom. The Labute approximate surface area is 204 Å². The zero-order valence-corrected chi connectivity index (χ0v) is 20.7. The summed E-state index contributed by atoms with van der Waals surface area (Å²) in [5, 5.41) is 4.05. The molecule has 3 rings (SSSR count). The number of likely N-dealkylation sites (N-methyl/N-ethyl adjacent to an activating group) is 1. The van der Waals surface area contributed by atoms with Crippen LogP contribution in [0.2, 0.25) is 0 Å². The Hall–Kier alpha value is -3.24. The van der Waals surface area contributed by atoms with Crippen molar-refractivity contribution in [2.75, 3.05) is 41.0 Å². The van der Waals surface area contributed by atoms with Crippen LogP contribution in [-0.4, -0.2) is 78.2 Å². The van der Waals surface area contributed by atoms with Crippen LogP contribution in [0.4, 0.5) is 0 Å². The van der Waals surface area contributed by atoms with E-state index in [1.807, 2.05) is 29.0 Å². The SMILES string of the molecule is CCc1cccc2c(/C=C3/C(=O)N(C)C(=S)N3CC(=O)OC)cn(CC(=O)NCCCOC)c12. The lowest BCUT2D eigenvalue weighted by Gasteiger charge is -2.16. The zero-order valence-electron chi connectivity index (χ0n) is 19.9. The van der Waals surface area contributed by atoms with Crippen molar-refractivity contribution in [1.82, 2.24) is 19.7 Å². The van der Waals surface area contributed by atoms with Crippen LogP contribution in [0.3, 0.4) is 0 Å². The van der Waals surface area contributed by atoms with Gasteiger partial charge in [-0.05, 0) is 36.7 Å². The molecule has 1 aromatic heterocycles. The molecule has 0 spiro atoms. The van der Waals surface area contributed by atoms with Gasteiger partial charge in [0.2, 0.25) is 5.91 Å². The first-order valence-corrected chi connectivity index (χ1v) is 11.5. The van der Waals surface area contributed by atoms with Crippen LogP contribution < -0.4 is 5.32 Å². The summed E-state index contributed by atoms with van der Waals surface area (Å²) in [6.07, 6.45) is 5.09. The van der Waals surface area contributed by atoms with E-state index < -0.39 is 5.97 Å². The van der Waals surface area contributed by atoms with E-state index in [0.29, 0.717) is 13.2 Å². The number of amides is 2. The van der Waals surface area contributed by atoms with Gasteiger partial charge >= 0.3 is 5.97 Å². The Kier molecular flexibility index (Phi) is 8.41. The number of carbonyl (C=O) groups is 3. The van der Waals surface area contributed by atoms with Gasteiger partial charge in [-0.1, -0.05) is 25.1 Å². The van der Waals surface area contributed by atoms with Crippen molar-refractivity contribution in [3.63, 3.8) is 0 Å². The van der Waals surface area contributed by atoms with Crippen molar-refractivity contribution >= 4 is 52.1 Å². The summed E-state index contributed by atoms with van der Waals surface area (Å²) < 4.78 is 11.7. The minimum Gasteiger partial charge on any atom is -0.468 e. The lowest BCUT2D eigenvalue weighted by Crippen LogP contribution is -2.33. The summed E-state index contributed by atoms with van der Waals surface area (Å²) in [4.78, 5) is 40.2. The molecule has 1 aliphatic heterocycles. The lowest BCUT2D eigenvalue weighted by atomic mass is 10.1. The third-order valence-electron chi connectivity index (χ3n) is 5.69. The number of thiocarbonyl (C=S) groups is 1. The van der Waals surface area contributed by atoms with Gasteiger partial charge in [-0.25, -0.2) is 0 Å². The second-order valence-corrected chi connectivity index (χ2v) is 8.28. The standard InChI is InChI=1S/C24H30N4O5S/c1-5-16-8-6-9-18-17(13-27(22(16)18)14-20(29)25-10-7-11-32-3)12-19-23(31)26(2)24(34)28(19)15-21(30)33-4/h6,8-9,12-13H,5,7,10-11,14-15H2,1-4H3,(H,25,29)/b19-12-. The Balaban J connectivity index is 2.01. The molecule has 0 atom stereocenters. The van der Waals surface area contributed by atoms with E-state index in [9.17, 15) is 14.4 Å². The summed E-state index contributed by atoms with van der Waals surface area (Å²) in [5.74, 6) is -0.919. The molecular formula is C24H30N4O5S. The average Bonchev–Trinajstić information content (AvgIpc) is 3.27. The van der Waals surface area contributed by atoms with E-state index in [2.05, 4.69) is 12.2 Å². The van der Waals surface area contributed by atoms with Gasteiger partial charge in [0.15, 0.2) is 5.11 Å². The molecule has 1 N–H and O–H groups in total. The van der Waals surface area contributed by atoms with Gasteiger partial charge in [0.25, 0.3) is 5.91 Å². The predicted molar refractivity (Wildman–Crippen MR) is 133 cm³/mol. The highest BCUT2D eigenvalue weighted by Gasteiger charge is 2.37. The Morgan fingerprint density at radius 3 is 2.65 bits per heavy atom. The molecule has 0 saturated carbocycles.